The molecular formula is C115H213O12P3. The minimum absolute atomic E-state index is 0.0521. The van der Waals surface area contributed by atoms with Crippen LogP contribution in [0.3, 0.4) is 0 Å². The lowest BCUT2D eigenvalue weighted by Crippen LogP contribution is -2.56. The summed E-state index contributed by atoms with van der Waals surface area (Å²) < 4.78 is 0. The maximum absolute atomic E-state index is 14.2. The van der Waals surface area contributed by atoms with Gasteiger partial charge in [0.15, 0.2) is 0 Å². The zero-order chi connectivity index (χ0) is 97.2. The summed E-state index contributed by atoms with van der Waals surface area (Å²) in [6.45, 7) is 42.2. The third-order valence-corrected chi connectivity index (χ3v) is 29.1. The van der Waals surface area contributed by atoms with E-state index in [9.17, 15) is 15.3 Å². The van der Waals surface area contributed by atoms with Crippen LogP contribution in [0.2, 0.25) is 0 Å². The fourth-order valence-corrected chi connectivity index (χ4v) is 21.3. The van der Waals surface area contributed by atoms with Gasteiger partial charge >= 0.3 is 25.8 Å². The smallest absolute Gasteiger partial charge is 0.324 e. The highest BCUT2D eigenvalue weighted by molar-refractivity contribution is 7.38. The van der Waals surface area contributed by atoms with Crippen LogP contribution in [-0.4, -0.2) is 59.4 Å². The molecule has 0 aromatic heterocycles. The van der Waals surface area contributed by atoms with Gasteiger partial charge in [0.2, 0.25) is 0 Å². The van der Waals surface area contributed by atoms with E-state index in [2.05, 4.69) is 141 Å². The molecule has 0 saturated carbocycles. The maximum Gasteiger partial charge on any atom is 0.324 e. The van der Waals surface area contributed by atoms with E-state index in [0.717, 1.165) is 55.7 Å². The molecule has 0 radical (unpaired) electrons. The van der Waals surface area contributed by atoms with Crippen molar-refractivity contribution in [2.45, 2.75) is 589 Å². The van der Waals surface area contributed by atoms with Crippen LogP contribution in [0.25, 0.3) is 11.1 Å². The van der Waals surface area contributed by atoms with Gasteiger partial charge in [0, 0.05) is 11.0 Å². The topological polar surface area (TPSA) is 243 Å². The predicted octanol–water partition coefficient (Wildman–Crippen LogP) is 37.5. The van der Waals surface area contributed by atoms with Gasteiger partial charge in [0.25, 0.3) is 0 Å². The molecule has 3 aromatic rings. The van der Waals surface area contributed by atoms with E-state index in [0.29, 0.717) is 17.2 Å². The average Bonchev–Trinajstić information content (AvgIpc) is 0.704. The Kier molecular flexibility index (Phi) is 78.7. The summed E-state index contributed by atoms with van der Waals surface area (Å²) in [5.41, 5.74) is 10.4. The zero-order valence-electron chi connectivity index (χ0n) is 87.9. The van der Waals surface area contributed by atoms with Crippen LogP contribution in [0.4, 0.5) is 0 Å². The maximum atomic E-state index is 14.2. The summed E-state index contributed by atoms with van der Waals surface area (Å²) in [6.07, 6.45) is 99.5. The number of rotatable bonds is 79. The Bertz CT molecular complexity index is 2880. The fraction of sp³-hybridized carbons (Fsp3) is 0.809. The molecule has 12 nitrogen and oxygen atoms in total. The van der Waals surface area contributed by atoms with Crippen molar-refractivity contribution in [3.63, 3.8) is 0 Å². The van der Waals surface area contributed by atoms with Crippen LogP contribution in [0.15, 0.2) is 49.1 Å². The Labute approximate surface area is 807 Å². The second-order valence-electron chi connectivity index (χ2n) is 42.3. The average molecular weight is 1880 g/mol. The number of benzene rings is 3. The van der Waals surface area contributed by atoms with Crippen LogP contribution >= 0.6 is 25.8 Å². The fourth-order valence-electron chi connectivity index (χ4n) is 21.3. The van der Waals surface area contributed by atoms with Crippen LogP contribution in [0, 0.1) is 31.6 Å². The first-order valence-corrected chi connectivity index (χ1v) is 58.3. The molecule has 0 aliphatic heterocycles. The summed E-state index contributed by atoms with van der Waals surface area (Å²) in [5, 5.41) is 37.9. The third kappa shape index (κ3) is 59.0. The van der Waals surface area contributed by atoms with Crippen molar-refractivity contribution in [1.82, 2.24) is 0 Å². The lowest BCUT2D eigenvalue weighted by molar-refractivity contribution is -0.0535. The SMILES string of the molecule is C=C(C=C(c1cc(C(C)(C)C)c(O)cc1C)c1cc(C(C)(C)C)c(O)cc1C)c1cc(C(C)(C(CCCCCCCCCCCCC)(CCCCCCCCCCCCC)CCCCCCCCCCCCC)C(CCCCCCCCCCCCC)(CCCCCCCCCCCCC)CCCCCCCCCCCCC)c(O)cc1C.OP(O)O.OP(O)O.OP(O)O. The monoisotopic (exact) mass is 1880 g/mol. The molecule has 12 N–H and O–H groups in total. The van der Waals surface area contributed by atoms with Crippen molar-refractivity contribution >= 4 is 37.0 Å². The summed E-state index contributed by atoms with van der Waals surface area (Å²) in [7, 11) is -7.86. The van der Waals surface area contributed by atoms with E-state index in [1.54, 1.807) is 0 Å². The Morgan fingerprint density at radius 2 is 0.385 bits per heavy atom. The van der Waals surface area contributed by atoms with Crippen LogP contribution in [0.1, 0.15) is 602 Å². The molecule has 0 heterocycles. The van der Waals surface area contributed by atoms with E-state index in [1.165, 1.54) is 468 Å². The third-order valence-electron chi connectivity index (χ3n) is 29.1. The van der Waals surface area contributed by atoms with Crippen molar-refractivity contribution in [2.24, 2.45) is 10.8 Å². The van der Waals surface area contributed by atoms with E-state index in [-0.39, 0.29) is 27.1 Å². The number of phenols is 3. The lowest BCUT2D eigenvalue weighted by atomic mass is 9.42. The number of hydrogen-bond donors (Lipinski definition) is 12. The highest BCUT2D eigenvalue weighted by Crippen LogP contribution is 2.67. The predicted molar refractivity (Wildman–Crippen MR) is 571 cm³/mol. The van der Waals surface area contributed by atoms with Crippen LogP contribution in [-0.2, 0) is 16.2 Å². The molecule has 0 aliphatic carbocycles. The molecule has 0 fully saturated rings. The van der Waals surface area contributed by atoms with Crippen LogP contribution < -0.4 is 0 Å². The molecule has 760 valence electrons. The van der Waals surface area contributed by atoms with E-state index in [1.807, 2.05) is 12.1 Å². The summed E-state index contributed by atoms with van der Waals surface area (Å²) in [6, 6.07) is 13.4. The summed E-state index contributed by atoms with van der Waals surface area (Å²) >= 11 is 0. The summed E-state index contributed by atoms with van der Waals surface area (Å²) in [4.78, 5) is 65.1. The normalized spacial score (nSPS) is 12.1. The molecule has 3 aromatic carbocycles. The number of allylic oxidation sites excluding steroid dienone is 2. The molecule has 130 heavy (non-hydrogen) atoms. The molecule has 0 aliphatic rings. The standard InChI is InChI=1S/C115H204O3.3H3O3P/c1-18-24-30-36-42-48-54-60-66-72-78-84-114(85-79-73-67-61-55-49-43-37-31-25-19-2,86-80-74-68-62-56-50-44-38-32-26-20-3)113(17,107-94-101(98(8)91-110(107)118)97(7)90-104(102-95-105(111(11,12)13)108(116)92-99(102)9)103-96-106(112(14,15)16)109(117)93-100(103)10)115(87-81-75-69-63-57-51-45-39-33-27-21-4,88-82-76-70-64-58-52-46-40-34-28-22-5)89-83-77-71-65-59-53-47-41-35-29-23-6;3*1-4(2)3/h90-96,116-118H,7,18-89H2,1-6,8-17H3;3*1-3H. The van der Waals surface area contributed by atoms with Gasteiger partial charge in [-0.05, 0) is 179 Å². The lowest BCUT2D eigenvalue weighted by Gasteiger charge is -2.61. The molecule has 0 unspecified atom stereocenters. The molecule has 0 saturated heterocycles. The Morgan fingerprint density at radius 1 is 0.238 bits per heavy atom. The molecule has 0 bridgehead atoms. The molecule has 0 amide bonds. The van der Waals surface area contributed by atoms with Crippen LogP contribution in [0.5, 0.6) is 17.2 Å². The van der Waals surface area contributed by atoms with Gasteiger partial charge in [0.05, 0.1) is 0 Å². The second-order valence-corrected chi connectivity index (χ2v) is 43.9. The number of phenolic OH excluding ortho intramolecular Hbond substituents is 3. The zero-order valence-corrected chi connectivity index (χ0v) is 90.6. The molecule has 0 atom stereocenters. The van der Waals surface area contributed by atoms with Crippen molar-refractivity contribution in [3.05, 3.63) is 99.1 Å². The van der Waals surface area contributed by atoms with Gasteiger partial charge in [-0.1, -0.05) is 520 Å². The first-order valence-electron chi connectivity index (χ1n) is 54.7. The van der Waals surface area contributed by atoms with Gasteiger partial charge in [-0.15, -0.1) is 0 Å². The van der Waals surface area contributed by atoms with Gasteiger partial charge in [-0.2, -0.15) is 0 Å². The van der Waals surface area contributed by atoms with Gasteiger partial charge in [0.1, 0.15) is 17.2 Å². The molecule has 15 heteroatoms. The van der Waals surface area contributed by atoms with E-state index < -0.39 is 25.8 Å². The van der Waals surface area contributed by atoms with Gasteiger partial charge in [-0.3, -0.25) is 0 Å². The summed E-state index contributed by atoms with van der Waals surface area (Å²) in [5.74, 6) is 1.20. The highest BCUT2D eigenvalue weighted by atomic mass is 31.2. The van der Waals surface area contributed by atoms with Gasteiger partial charge in [-0.25, -0.2) is 0 Å². The van der Waals surface area contributed by atoms with Crippen molar-refractivity contribution in [3.8, 4) is 17.2 Å². The first-order chi connectivity index (χ1) is 62.2. The van der Waals surface area contributed by atoms with Crippen molar-refractivity contribution in [1.29, 1.82) is 0 Å². The van der Waals surface area contributed by atoms with E-state index in [4.69, 9.17) is 50.6 Å². The minimum atomic E-state index is -2.62. The first kappa shape index (κ1) is 127. The Balaban J connectivity index is 0.0000130. The Hall–Kier alpha value is -2.53. The van der Waals surface area contributed by atoms with E-state index >= 15 is 0 Å². The van der Waals surface area contributed by atoms with Crippen molar-refractivity contribution in [2.75, 3.05) is 0 Å². The molecule has 0 spiro atoms. The quantitative estimate of drug-likeness (QED) is 0.0143. The molecule has 3 rings (SSSR count). The highest BCUT2D eigenvalue weighted by Gasteiger charge is 2.59. The number of aromatic hydroxyl groups is 3. The van der Waals surface area contributed by atoms with Gasteiger partial charge < -0.3 is 59.4 Å². The largest absolute Gasteiger partial charge is 0.508 e. The number of aryl methyl sites for hydroxylation is 3. The number of unbranched alkanes of at least 4 members (excludes halogenated alkanes) is 60. The second kappa shape index (κ2) is 80.3. The molecular weight excluding hydrogens is 1670 g/mol. The number of hydrogen-bond acceptors (Lipinski definition) is 12. The minimum Gasteiger partial charge on any atom is -0.508 e. The Morgan fingerprint density at radius 3 is 0.554 bits per heavy atom. The van der Waals surface area contributed by atoms with Crippen molar-refractivity contribution < 1.29 is 59.4 Å².